The highest BCUT2D eigenvalue weighted by molar-refractivity contribution is 6.31. The van der Waals surface area contributed by atoms with Crippen molar-refractivity contribution in [1.82, 2.24) is 4.98 Å². The number of hydrogen-bond donors (Lipinski definition) is 1. The van der Waals surface area contributed by atoms with Crippen LogP contribution in [0.5, 0.6) is 0 Å². The molecule has 0 saturated heterocycles. The van der Waals surface area contributed by atoms with Gasteiger partial charge < -0.3 is 10.2 Å². The Morgan fingerprint density at radius 3 is 2.88 bits per heavy atom. The molecule has 4 nitrogen and oxygen atoms in total. The summed E-state index contributed by atoms with van der Waals surface area (Å²) in [5.74, 6) is -0.246. The van der Waals surface area contributed by atoms with Crippen LogP contribution in [-0.2, 0) is 6.42 Å². The standard InChI is InChI=1S/C21H18ClN3O/c1-14-17(22)6-4-7-18(14)24-21(26)19-13-16(9-11-23-19)25-12-10-15-5-2-3-8-20(15)25/h2-9,11,13H,10,12H2,1H3,(H,24,26). The van der Waals surface area contributed by atoms with Crippen LogP contribution >= 0.6 is 11.6 Å². The third kappa shape index (κ3) is 3.04. The fourth-order valence-corrected chi connectivity index (χ4v) is 3.42. The lowest BCUT2D eigenvalue weighted by atomic mass is 10.2. The molecule has 0 atom stereocenters. The van der Waals surface area contributed by atoms with Gasteiger partial charge in [0.1, 0.15) is 5.69 Å². The van der Waals surface area contributed by atoms with Gasteiger partial charge in [-0.3, -0.25) is 9.78 Å². The number of nitrogens with one attached hydrogen (secondary N) is 1. The van der Waals surface area contributed by atoms with Crippen molar-refractivity contribution in [2.24, 2.45) is 0 Å². The average molecular weight is 364 g/mol. The van der Waals surface area contributed by atoms with Crippen LogP contribution in [0.3, 0.4) is 0 Å². The van der Waals surface area contributed by atoms with Crippen LogP contribution in [0.25, 0.3) is 0 Å². The van der Waals surface area contributed by atoms with E-state index in [4.69, 9.17) is 11.6 Å². The number of para-hydroxylation sites is 1. The van der Waals surface area contributed by atoms with Gasteiger partial charge in [-0.2, -0.15) is 0 Å². The zero-order valence-corrected chi connectivity index (χ0v) is 15.1. The summed E-state index contributed by atoms with van der Waals surface area (Å²) in [6.07, 6.45) is 2.68. The Hall–Kier alpha value is -2.85. The number of benzene rings is 2. The molecule has 2 heterocycles. The number of pyridine rings is 1. The molecule has 0 fully saturated rings. The normalized spacial score (nSPS) is 12.8. The molecule has 130 valence electrons. The van der Waals surface area contributed by atoms with E-state index >= 15 is 0 Å². The zero-order chi connectivity index (χ0) is 18.1. The molecule has 26 heavy (non-hydrogen) atoms. The minimum Gasteiger partial charge on any atom is -0.341 e. The lowest BCUT2D eigenvalue weighted by Gasteiger charge is -2.20. The number of amides is 1. The predicted octanol–water partition coefficient (Wildman–Crippen LogP) is 4.99. The number of carbonyl (C=O) groups excluding carboxylic acids is 1. The monoisotopic (exact) mass is 363 g/mol. The van der Waals surface area contributed by atoms with Gasteiger partial charge in [0, 0.05) is 34.8 Å². The summed E-state index contributed by atoms with van der Waals surface area (Å²) >= 11 is 6.13. The van der Waals surface area contributed by atoms with Crippen LogP contribution in [0, 0.1) is 6.92 Å². The van der Waals surface area contributed by atoms with E-state index in [0.717, 1.165) is 24.2 Å². The predicted molar refractivity (Wildman–Crippen MR) is 106 cm³/mol. The summed E-state index contributed by atoms with van der Waals surface area (Å²) in [5, 5.41) is 3.52. The van der Waals surface area contributed by atoms with Crippen molar-refractivity contribution in [1.29, 1.82) is 0 Å². The fraction of sp³-hybridized carbons (Fsp3) is 0.143. The number of hydrogen-bond acceptors (Lipinski definition) is 3. The Morgan fingerprint density at radius 2 is 2.00 bits per heavy atom. The Kier molecular flexibility index (Phi) is 4.35. The molecule has 1 aliphatic heterocycles. The molecular formula is C21H18ClN3O. The van der Waals surface area contributed by atoms with Gasteiger partial charge in [-0.05, 0) is 54.8 Å². The molecule has 0 radical (unpaired) electrons. The fourth-order valence-electron chi connectivity index (χ4n) is 3.25. The van der Waals surface area contributed by atoms with Crippen LogP contribution in [0.2, 0.25) is 5.02 Å². The van der Waals surface area contributed by atoms with Gasteiger partial charge in [-0.1, -0.05) is 35.9 Å². The Balaban J connectivity index is 1.60. The zero-order valence-electron chi connectivity index (χ0n) is 14.4. The molecular weight excluding hydrogens is 346 g/mol. The van der Waals surface area contributed by atoms with Crippen molar-refractivity contribution >= 4 is 34.6 Å². The highest BCUT2D eigenvalue weighted by Crippen LogP contribution is 2.34. The van der Waals surface area contributed by atoms with E-state index in [0.29, 0.717) is 16.4 Å². The Labute approximate surface area is 157 Å². The van der Waals surface area contributed by atoms with Gasteiger partial charge in [0.15, 0.2) is 0 Å². The number of carbonyl (C=O) groups is 1. The van der Waals surface area contributed by atoms with Gasteiger partial charge in [0.05, 0.1) is 0 Å². The summed E-state index contributed by atoms with van der Waals surface area (Å²) in [6, 6.07) is 17.6. The van der Waals surface area contributed by atoms with Gasteiger partial charge in [-0.25, -0.2) is 0 Å². The van der Waals surface area contributed by atoms with Crippen LogP contribution in [0.15, 0.2) is 60.8 Å². The molecule has 1 amide bonds. The summed E-state index contributed by atoms with van der Waals surface area (Å²) in [5.41, 5.74) is 5.40. The molecule has 1 N–H and O–H groups in total. The Morgan fingerprint density at radius 1 is 1.15 bits per heavy atom. The van der Waals surface area contributed by atoms with Crippen molar-refractivity contribution in [3.05, 3.63) is 82.6 Å². The molecule has 1 aromatic heterocycles. The second-order valence-electron chi connectivity index (χ2n) is 6.30. The minimum atomic E-state index is -0.246. The third-order valence-corrected chi connectivity index (χ3v) is 5.10. The first-order valence-electron chi connectivity index (χ1n) is 8.51. The topological polar surface area (TPSA) is 45.2 Å². The molecule has 3 aromatic rings. The number of halogens is 1. The first kappa shape index (κ1) is 16.6. The quantitative estimate of drug-likeness (QED) is 0.713. The Bertz CT molecular complexity index is 986. The summed E-state index contributed by atoms with van der Waals surface area (Å²) in [6.45, 7) is 2.78. The van der Waals surface area contributed by atoms with Crippen LogP contribution in [0.1, 0.15) is 21.6 Å². The van der Waals surface area contributed by atoms with E-state index in [-0.39, 0.29) is 5.91 Å². The number of nitrogens with zero attached hydrogens (tertiary/aromatic N) is 2. The molecule has 0 unspecified atom stereocenters. The summed E-state index contributed by atoms with van der Waals surface area (Å²) < 4.78 is 0. The maximum Gasteiger partial charge on any atom is 0.274 e. The third-order valence-electron chi connectivity index (χ3n) is 4.69. The van der Waals surface area contributed by atoms with E-state index in [9.17, 15) is 4.79 Å². The maximum atomic E-state index is 12.7. The lowest BCUT2D eigenvalue weighted by Crippen LogP contribution is -2.17. The highest BCUT2D eigenvalue weighted by Gasteiger charge is 2.21. The smallest absolute Gasteiger partial charge is 0.274 e. The van der Waals surface area contributed by atoms with Gasteiger partial charge in [0.25, 0.3) is 5.91 Å². The van der Waals surface area contributed by atoms with E-state index in [1.807, 2.05) is 37.3 Å². The number of anilines is 3. The summed E-state index contributed by atoms with van der Waals surface area (Å²) in [4.78, 5) is 19.1. The van der Waals surface area contributed by atoms with Crippen molar-refractivity contribution in [3.63, 3.8) is 0 Å². The summed E-state index contributed by atoms with van der Waals surface area (Å²) in [7, 11) is 0. The lowest BCUT2D eigenvalue weighted by molar-refractivity contribution is 0.102. The second-order valence-corrected chi connectivity index (χ2v) is 6.70. The molecule has 4 rings (SSSR count). The second kappa shape index (κ2) is 6.81. The number of fused-ring (bicyclic) bond motifs is 1. The van der Waals surface area contributed by atoms with Crippen molar-refractivity contribution < 1.29 is 4.79 Å². The van der Waals surface area contributed by atoms with Gasteiger partial charge in [-0.15, -0.1) is 0 Å². The van der Waals surface area contributed by atoms with Crippen LogP contribution in [0.4, 0.5) is 17.1 Å². The van der Waals surface area contributed by atoms with E-state index < -0.39 is 0 Å². The van der Waals surface area contributed by atoms with E-state index in [2.05, 4.69) is 33.4 Å². The van der Waals surface area contributed by atoms with E-state index in [1.54, 1.807) is 12.3 Å². The highest BCUT2D eigenvalue weighted by atomic mass is 35.5. The van der Waals surface area contributed by atoms with Crippen LogP contribution < -0.4 is 10.2 Å². The van der Waals surface area contributed by atoms with Crippen LogP contribution in [-0.4, -0.2) is 17.4 Å². The van der Waals surface area contributed by atoms with Crippen molar-refractivity contribution in [3.8, 4) is 0 Å². The van der Waals surface area contributed by atoms with Gasteiger partial charge >= 0.3 is 0 Å². The molecule has 0 bridgehead atoms. The largest absolute Gasteiger partial charge is 0.341 e. The molecule has 5 heteroatoms. The van der Waals surface area contributed by atoms with E-state index in [1.165, 1.54) is 11.3 Å². The average Bonchev–Trinajstić information content (AvgIpc) is 3.10. The first-order chi connectivity index (χ1) is 12.6. The van der Waals surface area contributed by atoms with Crippen molar-refractivity contribution in [2.45, 2.75) is 13.3 Å². The molecule has 0 aliphatic carbocycles. The first-order valence-corrected chi connectivity index (χ1v) is 8.89. The molecule has 1 aliphatic rings. The van der Waals surface area contributed by atoms with Crippen molar-refractivity contribution in [2.75, 3.05) is 16.8 Å². The minimum absolute atomic E-state index is 0.246. The van der Waals surface area contributed by atoms with Gasteiger partial charge in [0.2, 0.25) is 0 Å². The molecule has 2 aromatic carbocycles. The maximum absolute atomic E-state index is 12.7. The number of aromatic nitrogens is 1. The molecule has 0 saturated carbocycles. The molecule has 0 spiro atoms. The number of rotatable bonds is 3. The SMILES string of the molecule is Cc1c(Cl)cccc1NC(=O)c1cc(N2CCc3ccccc32)ccn1.